The average molecular weight is 149 g/mol. The number of aryl methyl sites for hydroxylation is 1. The molecular weight excluding hydrogens is 140 g/mol. The van der Waals surface area contributed by atoms with E-state index in [0.29, 0.717) is 5.92 Å². The molecule has 0 N–H and O–H groups in total. The van der Waals surface area contributed by atoms with E-state index in [1.54, 1.807) is 4.68 Å². The highest BCUT2D eigenvalue weighted by molar-refractivity contribution is 5.61. The second kappa shape index (κ2) is 2.19. The summed E-state index contributed by atoms with van der Waals surface area (Å²) >= 11 is 0. The molecule has 0 bridgehead atoms. The molecule has 1 aliphatic rings. The highest BCUT2D eigenvalue weighted by Gasteiger charge is 2.39. The fourth-order valence-electron chi connectivity index (χ4n) is 1.33. The Bertz CT molecular complexity index is 279. The Hall–Kier alpha value is -1.12. The topological polar surface area (TPSA) is 34.9 Å². The van der Waals surface area contributed by atoms with E-state index >= 15 is 0 Å². The van der Waals surface area contributed by atoms with Crippen LogP contribution in [0, 0.1) is 5.92 Å². The molecule has 3 nitrogen and oxygen atoms in total. The summed E-state index contributed by atoms with van der Waals surface area (Å²) in [5.74, 6) is 0.542. The van der Waals surface area contributed by atoms with Gasteiger partial charge in [-0.05, 0) is 17.9 Å². The van der Waals surface area contributed by atoms with Crippen LogP contribution in [0.1, 0.15) is 17.9 Å². The Labute approximate surface area is 65.0 Å². The summed E-state index contributed by atoms with van der Waals surface area (Å²) in [6.07, 6.45) is 6.75. The van der Waals surface area contributed by atoms with Gasteiger partial charge in [-0.3, -0.25) is 9.48 Å². The maximum absolute atomic E-state index is 10.2. The summed E-state index contributed by atoms with van der Waals surface area (Å²) < 4.78 is 1.76. The van der Waals surface area contributed by atoms with Crippen molar-refractivity contribution in [1.29, 1.82) is 0 Å². The quantitative estimate of drug-likeness (QED) is 0.618. The third kappa shape index (κ3) is 1.06. The van der Waals surface area contributed by atoms with E-state index in [9.17, 15) is 4.79 Å². The van der Waals surface area contributed by atoms with Crippen molar-refractivity contribution < 1.29 is 4.79 Å². The molecule has 0 spiro atoms. The third-order valence-electron chi connectivity index (χ3n) is 2.09. The maximum Gasteiger partial charge on any atom is 0.202 e. The van der Waals surface area contributed by atoms with Crippen LogP contribution >= 0.6 is 0 Å². The number of carbonyl (C=O) groups excluding carboxylic acids is 1. The molecule has 1 aromatic heterocycles. The van der Waals surface area contributed by atoms with Crippen LogP contribution in [0.3, 0.4) is 0 Å². The van der Waals surface area contributed by atoms with Crippen LogP contribution in [0.15, 0.2) is 12.4 Å². The van der Waals surface area contributed by atoms with E-state index in [0.717, 1.165) is 6.42 Å². The number of hydrogen-bond acceptors (Lipinski definition) is 2. The number of aromatic nitrogens is 2. The van der Waals surface area contributed by atoms with Crippen molar-refractivity contribution in [3.8, 4) is 0 Å². The molecule has 0 aliphatic heterocycles. The van der Waals surface area contributed by atoms with Crippen LogP contribution < -0.4 is 0 Å². The lowest BCUT2D eigenvalue weighted by Crippen LogP contribution is -1.85. The van der Waals surface area contributed by atoms with Crippen LogP contribution in [0.5, 0.6) is 0 Å². The zero-order valence-electron chi connectivity index (χ0n) is 6.32. The van der Waals surface area contributed by atoms with Crippen molar-refractivity contribution in [2.45, 2.75) is 12.3 Å². The molecule has 2 atom stereocenters. The lowest BCUT2D eigenvalue weighted by atomic mass is 10.2. The lowest BCUT2D eigenvalue weighted by molar-refractivity contribution is 0.548. The highest BCUT2D eigenvalue weighted by Crippen LogP contribution is 2.45. The SMILES string of the molecule is Cn1cc(C2CC2[C]=O)cn1. The van der Waals surface area contributed by atoms with Crippen LogP contribution in [0.25, 0.3) is 0 Å². The van der Waals surface area contributed by atoms with E-state index < -0.39 is 0 Å². The predicted octanol–water partition coefficient (Wildman–Crippen LogP) is 0.633. The molecule has 1 fully saturated rings. The first kappa shape index (κ1) is 6.58. The minimum absolute atomic E-state index is 0.138. The van der Waals surface area contributed by atoms with Gasteiger partial charge in [0.25, 0.3) is 0 Å². The molecule has 1 aliphatic carbocycles. The van der Waals surface area contributed by atoms with Crippen molar-refractivity contribution in [2.24, 2.45) is 13.0 Å². The Morgan fingerprint density at radius 3 is 3.09 bits per heavy atom. The minimum atomic E-state index is 0.138. The van der Waals surface area contributed by atoms with E-state index in [-0.39, 0.29) is 5.92 Å². The Kier molecular flexibility index (Phi) is 1.31. The van der Waals surface area contributed by atoms with Gasteiger partial charge in [-0.1, -0.05) is 0 Å². The molecule has 1 aromatic rings. The van der Waals surface area contributed by atoms with Gasteiger partial charge in [-0.2, -0.15) is 5.10 Å². The van der Waals surface area contributed by atoms with Crippen LogP contribution in [0.4, 0.5) is 0 Å². The van der Waals surface area contributed by atoms with Crippen LogP contribution in [-0.2, 0) is 11.8 Å². The molecule has 0 saturated heterocycles. The third-order valence-corrected chi connectivity index (χ3v) is 2.09. The monoisotopic (exact) mass is 149 g/mol. The number of rotatable bonds is 2. The number of hydrogen-bond donors (Lipinski definition) is 0. The van der Waals surface area contributed by atoms with Gasteiger partial charge >= 0.3 is 0 Å². The minimum Gasteiger partial charge on any atom is -0.291 e. The largest absolute Gasteiger partial charge is 0.291 e. The maximum atomic E-state index is 10.2. The average Bonchev–Trinajstić information content (AvgIpc) is 2.68. The van der Waals surface area contributed by atoms with Gasteiger partial charge in [-0.25, -0.2) is 0 Å². The Morgan fingerprint density at radius 2 is 2.64 bits per heavy atom. The first-order chi connectivity index (χ1) is 5.31. The first-order valence-corrected chi connectivity index (χ1v) is 3.67. The molecule has 57 valence electrons. The zero-order valence-corrected chi connectivity index (χ0v) is 6.32. The van der Waals surface area contributed by atoms with Crippen molar-refractivity contribution in [1.82, 2.24) is 9.78 Å². The van der Waals surface area contributed by atoms with Gasteiger partial charge in [0, 0.05) is 19.2 Å². The summed E-state index contributed by atoms with van der Waals surface area (Å²) in [5.41, 5.74) is 1.17. The van der Waals surface area contributed by atoms with Gasteiger partial charge in [0.2, 0.25) is 6.29 Å². The summed E-state index contributed by atoms with van der Waals surface area (Å²) in [5, 5.41) is 4.03. The Morgan fingerprint density at radius 1 is 1.82 bits per heavy atom. The van der Waals surface area contributed by atoms with Crippen molar-refractivity contribution in [2.75, 3.05) is 0 Å². The van der Waals surface area contributed by atoms with Crippen LogP contribution in [-0.4, -0.2) is 16.1 Å². The van der Waals surface area contributed by atoms with Gasteiger partial charge < -0.3 is 0 Å². The molecule has 1 saturated carbocycles. The molecule has 1 radical (unpaired) electrons. The van der Waals surface area contributed by atoms with E-state index in [4.69, 9.17) is 0 Å². The van der Waals surface area contributed by atoms with Gasteiger partial charge in [-0.15, -0.1) is 0 Å². The summed E-state index contributed by atoms with van der Waals surface area (Å²) in [4.78, 5) is 10.2. The van der Waals surface area contributed by atoms with Gasteiger partial charge in [0.1, 0.15) is 0 Å². The molecule has 3 heteroatoms. The molecule has 2 rings (SSSR count). The number of nitrogens with zero attached hydrogens (tertiary/aromatic N) is 2. The summed E-state index contributed by atoms with van der Waals surface area (Å²) in [7, 11) is 1.88. The molecule has 11 heavy (non-hydrogen) atoms. The smallest absolute Gasteiger partial charge is 0.202 e. The highest BCUT2D eigenvalue weighted by atomic mass is 16.1. The molecule has 1 heterocycles. The summed E-state index contributed by atoms with van der Waals surface area (Å²) in [6.45, 7) is 0. The normalized spacial score (nSPS) is 28.5. The van der Waals surface area contributed by atoms with E-state index in [1.807, 2.05) is 25.7 Å². The second-order valence-electron chi connectivity index (χ2n) is 3.01. The fourth-order valence-corrected chi connectivity index (χ4v) is 1.33. The van der Waals surface area contributed by atoms with E-state index in [1.165, 1.54) is 5.56 Å². The molecular formula is C8H9N2O. The zero-order chi connectivity index (χ0) is 7.84. The second-order valence-corrected chi connectivity index (χ2v) is 3.01. The van der Waals surface area contributed by atoms with Crippen molar-refractivity contribution in [3.63, 3.8) is 0 Å². The Balaban J connectivity index is 2.14. The predicted molar refractivity (Wildman–Crippen MR) is 39.7 cm³/mol. The molecule has 0 aromatic carbocycles. The molecule has 0 amide bonds. The van der Waals surface area contributed by atoms with E-state index in [2.05, 4.69) is 5.10 Å². The van der Waals surface area contributed by atoms with Gasteiger partial charge in [0.05, 0.1) is 6.20 Å². The standard InChI is InChI=1S/C8H9N2O/c1-10-4-7(3-9-10)8-2-6(8)5-11/h3-4,6,8H,2H2,1H3. The summed E-state index contributed by atoms with van der Waals surface area (Å²) in [6, 6.07) is 0. The lowest BCUT2D eigenvalue weighted by Gasteiger charge is -1.86. The van der Waals surface area contributed by atoms with Crippen molar-refractivity contribution in [3.05, 3.63) is 18.0 Å². The fraction of sp³-hybridized carbons (Fsp3) is 0.500. The first-order valence-electron chi connectivity index (χ1n) is 3.67. The van der Waals surface area contributed by atoms with Crippen molar-refractivity contribution >= 4 is 6.29 Å². The van der Waals surface area contributed by atoms with Gasteiger partial charge in [0.15, 0.2) is 0 Å². The van der Waals surface area contributed by atoms with Crippen LogP contribution in [0.2, 0.25) is 0 Å². The molecule has 2 unspecified atom stereocenters.